The molecule has 1 heterocycles. The van der Waals surface area contributed by atoms with E-state index in [2.05, 4.69) is 23.0 Å². The number of fused-ring (bicyclic) bond motifs is 1. The molecule has 2 atom stereocenters. The Morgan fingerprint density at radius 2 is 1.71 bits per heavy atom. The van der Waals surface area contributed by atoms with Crippen LogP contribution in [0.25, 0.3) is 0 Å². The largest absolute Gasteiger partial charge is 0.494 e. The molecule has 7 nitrogen and oxygen atoms in total. The minimum atomic E-state index is -3.40. The summed E-state index contributed by atoms with van der Waals surface area (Å²) in [5.74, 6) is 0.515. The first kappa shape index (κ1) is 23.1. The van der Waals surface area contributed by atoms with E-state index in [9.17, 15) is 9.83 Å². The van der Waals surface area contributed by atoms with Crippen LogP contribution in [0.5, 0.6) is 5.75 Å². The van der Waals surface area contributed by atoms with Gasteiger partial charge in [-0.1, -0.05) is 18.2 Å². The van der Waals surface area contributed by atoms with Gasteiger partial charge in [0.2, 0.25) is 0 Å². The van der Waals surface area contributed by atoms with Crippen LogP contribution in [0.3, 0.4) is 0 Å². The van der Waals surface area contributed by atoms with Gasteiger partial charge in [-0.3, -0.25) is 14.1 Å². The van der Waals surface area contributed by atoms with E-state index in [0.29, 0.717) is 12.3 Å². The molecule has 0 radical (unpaired) electrons. The Morgan fingerprint density at radius 3 is 2.26 bits per heavy atom. The van der Waals surface area contributed by atoms with Crippen molar-refractivity contribution < 1.29 is 18.3 Å². The summed E-state index contributed by atoms with van der Waals surface area (Å²) in [5.41, 5.74) is 3.69. The predicted octanol–water partition coefficient (Wildman–Crippen LogP) is 5.87. The molecule has 0 spiro atoms. The Hall–Kier alpha value is -2.52. The Kier molecular flexibility index (Phi) is 7.61. The van der Waals surface area contributed by atoms with Crippen LogP contribution in [-0.4, -0.2) is 26.4 Å². The Morgan fingerprint density at radius 1 is 1.03 bits per heavy atom. The summed E-state index contributed by atoms with van der Waals surface area (Å²) in [4.78, 5) is 2.24. The molecular formula is C23H30N3O4P. The average Bonchev–Trinajstić information content (AvgIpc) is 3.07. The zero-order valence-corrected chi connectivity index (χ0v) is 19.4. The second-order valence-electron chi connectivity index (χ2n) is 7.06. The van der Waals surface area contributed by atoms with E-state index in [1.165, 1.54) is 0 Å². The van der Waals surface area contributed by atoms with E-state index in [-0.39, 0.29) is 25.2 Å². The molecule has 166 valence electrons. The monoisotopic (exact) mass is 443 g/mol. The standard InChI is InChI=1S/C23H30N3O4P/c1-5-26-22-15-19(28-6-2)13-14-20(22)21(16-24)23(26)17-9-11-18(12-10-17)25-31(27,29-7-3)30-8-4/h9-15,21,23H,5-8H2,1-4H3,(H,25,27). The normalized spacial score (nSPS) is 17.8. The predicted molar refractivity (Wildman–Crippen MR) is 123 cm³/mol. The summed E-state index contributed by atoms with van der Waals surface area (Å²) in [6.45, 7) is 9.49. The van der Waals surface area contributed by atoms with Crippen molar-refractivity contribution in [1.82, 2.24) is 0 Å². The molecule has 3 rings (SSSR count). The van der Waals surface area contributed by atoms with Crippen molar-refractivity contribution in [2.24, 2.45) is 0 Å². The zero-order chi connectivity index (χ0) is 22.4. The topological polar surface area (TPSA) is 83.8 Å². The van der Waals surface area contributed by atoms with E-state index in [4.69, 9.17) is 13.8 Å². The number of ether oxygens (including phenoxy) is 1. The highest BCUT2D eigenvalue weighted by Gasteiger charge is 2.39. The molecule has 1 aliphatic heterocycles. The Labute approximate surface area is 184 Å². The fourth-order valence-electron chi connectivity index (χ4n) is 4.03. The minimum Gasteiger partial charge on any atom is -0.494 e. The first-order chi connectivity index (χ1) is 15.0. The number of nitriles is 1. The van der Waals surface area contributed by atoms with Gasteiger partial charge >= 0.3 is 7.75 Å². The molecule has 8 heteroatoms. The third kappa shape index (κ3) is 4.88. The lowest BCUT2D eigenvalue weighted by Gasteiger charge is -2.28. The van der Waals surface area contributed by atoms with Crippen LogP contribution < -0.4 is 14.7 Å². The van der Waals surface area contributed by atoms with Crippen LogP contribution in [0.1, 0.15) is 50.8 Å². The van der Waals surface area contributed by atoms with Crippen molar-refractivity contribution in [1.29, 1.82) is 5.26 Å². The lowest BCUT2D eigenvalue weighted by atomic mass is 9.91. The van der Waals surface area contributed by atoms with Crippen LogP contribution in [0.2, 0.25) is 0 Å². The molecule has 0 fully saturated rings. The fourth-order valence-corrected chi connectivity index (χ4v) is 5.37. The van der Waals surface area contributed by atoms with E-state index >= 15 is 0 Å². The van der Waals surface area contributed by atoms with Crippen molar-refractivity contribution in [3.8, 4) is 11.8 Å². The smallest absolute Gasteiger partial charge is 0.432 e. The Balaban J connectivity index is 1.89. The lowest BCUT2D eigenvalue weighted by Crippen LogP contribution is -2.26. The van der Waals surface area contributed by atoms with Gasteiger partial charge in [-0.25, -0.2) is 4.57 Å². The first-order valence-electron chi connectivity index (χ1n) is 10.7. The number of likely N-dealkylation sites (N-methyl/N-ethyl adjacent to an activating group) is 1. The van der Waals surface area contributed by atoms with Gasteiger partial charge in [0.05, 0.1) is 37.8 Å². The summed E-state index contributed by atoms with van der Waals surface area (Å²) < 4.78 is 29.0. The molecule has 1 N–H and O–H groups in total. The number of nitrogens with zero attached hydrogens (tertiary/aromatic N) is 2. The Bertz CT molecular complexity index is 964. The van der Waals surface area contributed by atoms with Gasteiger partial charge in [0.1, 0.15) is 5.75 Å². The minimum absolute atomic E-state index is 0.110. The molecule has 2 aromatic rings. The fraction of sp³-hybridized carbons (Fsp3) is 0.435. The van der Waals surface area contributed by atoms with Crippen molar-refractivity contribution >= 4 is 19.1 Å². The van der Waals surface area contributed by atoms with Gasteiger partial charge in [-0.15, -0.1) is 0 Å². The van der Waals surface area contributed by atoms with Gasteiger partial charge in [0.15, 0.2) is 0 Å². The number of hydrogen-bond donors (Lipinski definition) is 1. The SMILES string of the molecule is CCOc1ccc2c(c1)N(CC)C(c1ccc(NP(=O)(OCC)OCC)cc1)C2C#N. The second-order valence-corrected chi connectivity index (χ2v) is 8.79. The molecule has 1 aliphatic rings. The second kappa shape index (κ2) is 10.2. The van der Waals surface area contributed by atoms with Crippen LogP contribution in [0, 0.1) is 11.3 Å². The van der Waals surface area contributed by atoms with Gasteiger partial charge in [0.25, 0.3) is 0 Å². The van der Waals surface area contributed by atoms with Crippen LogP contribution >= 0.6 is 7.75 Å². The zero-order valence-electron chi connectivity index (χ0n) is 18.5. The lowest BCUT2D eigenvalue weighted by molar-refractivity contribution is 0.225. The number of rotatable bonds is 10. The molecule has 0 aliphatic carbocycles. The maximum atomic E-state index is 12.7. The summed E-state index contributed by atoms with van der Waals surface area (Å²) in [6.07, 6.45) is 0. The summed E-state index contributed by atoms with van der Waals surface area (Å²) >= 11 is 0. The third-order valence-corrected chi connectivity index (χ3v) is 6.93. The van der Waals surface area contributed by atoms with Crippen molar-refractivity contribution in [3.63, 3.8) is 0 Å². The molecule has 0 saturated heterocycles. The van der Waals surface area contributed by atoms with E-state index < -0.39 is 7.75 Å². The highest BCUT2D eigenvalue weighted by molar-refractivity contribution is 7.55. The highest BCUT2D eigenvalue weighted by Crippen LogP contribution is 2.51. The molecule has 0 bridgehead atoms. The summed E-state index contributed by atoms with van der Waals surface area (Å²) in [7, 11) is -3.40. The van der Waals surface area contributed by atoms with Crippen molar-refractivity contribution in [2.45, 2.75) is 39.7 Å². The number of nitrogens with one attached hydrogen (secondary N) is 1. The molecule has 0 amide bonds. The van der Waals surface area contributed by atoms with Gasteiger partial charge in [0, 0.05) is 24.0 Å². The maximum Gasteiger partial charge on any atom is 0.432 e. The van der Waals surface area contributed by atoms with Crippen molar-refractivity contribution in [2.75, 3.05) is 36.4 Å². The average molecular weight is 443 g/mol. The third-order valence-electron chi connectivity index (χ3n) is 5.21. The molecule has 2 unspecified atom stereocenters. The van der Waals surface area contributed by atoms with Crippen LogP contribution in [0.4, 0.5) is 11.4 Å². The summed E-state index contributed by atoms with van der Waals surface area (Å²) in [5, 5.41) is 12.8. The molecule has 31 heavy (non-hydrogen) atoms. The molecule has 0 saturated carbocycles. The van der Waals surface area contributed by atoms with Gasteiger partial charge in [-0.05, 0) is 57.0 Å². The van der Waals surface area contributed by atoms with Gasteiger partial charge < -0.3 is 9.64 Å². The number of benzene rings is 2. The molecular weight excluding hydrogens is 413 g/mol. The maximum absolute atomic E-state index is 12.7. The molecule has 2 aromatic carbocycles. The van der Waals surface area contributed by atoms with E-state index in [1.54, 1.807) is 13.8 Å². The van der Waals surface area contributed by atoms with E-state index in [0.717, 1.165) is 29.1 Å². The quantitative estimate of drug-likeness (QED) is 0.460. The van der Waals surface area contributed by atoms with E-state index in [1.807, 2.05) is 49.4 Å². The summed E-state index contributed by atoms with van der Waals surface area (Å²) in [6, 6.07) is 15.9. The highest BCUT2D eigenvalue weighted by atomic mass is 31.2. The number of anilines is 2. The van der Waals surface area contributed by atoms with Crippen LogP contribution in [-0.2, 0) is 13.6 Å². The van der Waals surface area contributed by atoms with Gasteiger partial charge in [-0.2, -0.15) is 5.26 Å². The first-order valence-corrected chi connectivity index (χ1v) is 12.2. The van der Waals surface area contributed by atoms with Crippen LogP contribution in [0.15, 0.2) is 42.5 Å². The number of hydrogen-bond acceptors (Lipinski definition) is 6. The molecule has 0 aromatic heterocycles. The van der Waals surface area contributed by atoms with Crippen molar-refractivity contribution in [3.05, 3.63) is 53.6 Å².